The van der Waals surface area contributed by atoms with Gasteiger partial charge in [0.05, 0.1) is 11.9 Å². The maximum absolute atomic E-state index is 5.74. The van der Waals surface area contributed by atoms with Gasteiger partial charge in [-0.25, -0.2) is 4.98 Å². The van der Waals surface area contributed by atoms with E-state index in [1.165, 1.54) is 6.20 Å². The number of rotatable bonds is 2. The van der Waals surface area contributed by atoms with Crippen LogP contribution in [-0.4, -0.2) is 16.0 Å². The van der Waals surface area contributed by atoms with E-state index in [0.29, 0.717) is 17.5 Å². The summed E-state index contributed by atoms with van der Waals surface area (Å²) in [6, 6.07) is 0.392. The molecule has 1 aliphatic carbocycles. The largest absolute Gasteiger partial charge is 0.394 e. The van der Waals surface area contributed by atoms with Crippen molar-refractivity contribution < 1.29 is 0 Å². The van der Waals surface area contributed by atoms with Crippen LogP contribution in [0.4, 0.5) is 11.5 Å². The van der Waals surface area contributed by atoms with Crippen LogP contribution in [0.3, 0.4) is 0 Å². The highest BCUT2D eigenvalue weighted by atomic mass is 35.5. The quantitative estimate of drug-likeness (QED) is 0.597. The van der Waals surface area contributed by atoms with Gasteiger partial charge in [-0.15, -0.1) is 0 Å². The Morgan fingerprint density at radius 3 is 3.07 bits per heavy atom. The summed E-state index contributed by atoms with van der Waals surface area (Å²) in [5.41, 5.74) is 6.28. The minimum absolute atomic E-state index is 0.220. The lowest BCUT2D eigenvalue weighted by Crippen LogP contribution is -2.21. The van der Waals surface area contributed by atoms with Crippen molar-refractivity contribution in [1.82, 2.24) is 9.97 Å². The summed E-state index contributed by atoms with van der Waals surface area (Å²) in [7, 11) is 0. The number of aromatic nitrogens is 2. The first kappa shape index (κ1) is 10.2. The van der Waals surface area contributed by atoms with E-state index in [1.54, 1.807) is 0 Å². The molecule has 1 heterocycles. The normalized spacial score (nSPS) is 20.2. The number of nitrogens with zero attached hydrogens (tertiary/aromatic N) is 2. The van der Waals surface area contributed by atoms with Crippen LogP contribution < -0.4 is 11.1 Å². The highest BCUT2D eigenvalue weighted by Gasteiger charge is 2.12. The van der Waals surface area contributed by atoms with Crippen LogP contribution in [0.25, 0.3) is 0 Å². The summed E-state index contributed by atoms with van der Waals surface area (Å²) in [6.07, 6.45) is 9.07. The molecule has 5 heteroatoms. The van der Waals surface area contributed by atoms with E-state index in [2.05, 4.69) is 27.4 Å². The number of nitrogens with two attached hydrogens (primary N) is 1. The second-order valence-electron chi connectivity index (χ2n) is 3.57. The van der Waals surface area contributed by atoms with Gasteiger partial charge in [0.25, 0.3) is 0 Å². The van der Waals surface area contributed by atoms with Crippen LogP contribution in [0.5, 0.6) is 0 Å². The van der Waals surface area contributed by atoms with Gasteiger partial charge in [0.1, 0.15) is 0 Å². The Labute approximate surface area is 93.6 Å². The molecule has 0 saturated carbocycles. The molecule has 80 valence electrons. The molecule has 1 atom stereocenters. The van der Waals surface area contributed by atoms with Gasteiger partial charge >= 0.3 is 0 Å². The Balaban J connectivity index is 2.09. The van der Waals surface area contributed by atoms with Crippen molar-refractivity contribution in [1.29, 1.82) is 0 Å². The molecule has 0 radical (unpaired) electrons. The summed E-state index contributed by atoms with van der Waals surface area (Å²) >= 11 is 5.70. The lowest BCUT2D eigenvalue weighted by atomic mass is 10.0. The van der Waals surface area contributed by atoms with Gasteiger partial charge in [-0.3, -0.25) is 0 Å². The molecule has 2 rings (SSSR count). The minimum Gasteiger partial charge on any atom is -0.394 e. The molecule has 0 aromatic carbocycles. The molecular formula is C10H13ClN4. The molecule has 0 amide bonds. The number of hydrogen-bond acceptors (Lipinski definition) is 4. The summed E-state index contributed by atoms with van der Waals surface area (Å²) in [6.45, 7) is 0. The lowest BCUT2D eigenvalue weighted by Gasteiger charge is -2.20. The predicted molar refractivity (Wildman–Crippen MR) is 61.9 cm³/mol. The third kappa shape index (κ3) is 2.59. The monoisotopic (exact) mass is 224 g/mol. The fourth-order valence-electron chi connectivity index (χ4n) is 1.60. The van der Waals surface area contributed by atoms with Crippen molar-refractivity contribution in [2.45, 2.75) is 25.3 Å². The fraction of sp³-hybridized carbons (Fsp3) is 0.400. The van der Waals surface area contributed by atoms with Gasteiger partial charge in [-0.05, 0) is 30.9 Å². The van der Waals surface area contributed by atoms with Crippen LogP contribution in [0.2, 0.25) is 5.28 Å². The van der Waals surface area contributed by atoms with Crippen molar-refractivity contribution in [3.05, 3.63) is 23.6 Å². The van der Waals surface area contributed by atoms with E-state index in [9.17, 15) is 0 Å². The molecule has 0 bridgehead atoms. The first-order valence-corrected chi connectivity index (χ1v) is 5.33. The number of hydrogen-bond donors (Lipinski definition) is 2. The van der Waals surface area contributed by atoms with E-state index < -0.39 is 0 Å². The number of halogens is 1. The van der Waals surface area contributed by atoms with E-state index >= 15 is 0 Å². The number of nitrogen functional groups attached to an aromatic ring is 1. The Bertz CT molecular complexity index is 378. The molecule has 0 spiro atoms. The second kappa shape index (κ2) is 4.49. The molecule has 0 aliphatic heterocycles. The molecule has 0 fully saturated rings. The minimum atomic E-state index is 0.220. The maximum Gasteiger partial charge on any atom is 0.224 e. The maximum atomic E-state index is 5.74. The second-order valence-corrected chi connectivity index (χ2v) is 3.91. The predicted octanol–water partition coefficient (Wildman–Crippen LogP) is 2.23. The van der Waals surface area contributed by atoms with Crippen LogP contribution in [0, 0.1) is 0 Å². The smallest absolute Gasteiger partial charge is 0.224 e. The summed E-state index contributed by atoms with van der Waals surface area (Å²) < 4.78 is 0. The van der Waals surface area contributed by atoms with Gasteiger partial charge in [-0.1, -0.05) is 12.2 Å². The zero-order valence-electron chi connectivity index (χ0n) is 8.28. The molecular weight excluding hydrogens is 212 g/mol. The van der Waals surface area contributed by atoms with Gasteiger partial charge in [0.15, 0.2) is 5.82 Å². The topological polar surface area (TPSA) is 63.8 Å². The Kier molecular flexibility index (Phi) is 3.06. The summed E-state index contributed by atoms with van der Waals surface area (Å²) in [5.74, 6) is 0.635. The number of anilines is 2. The van der Waals surface area contributed by atoms with Crippen LogP contribution in [0.1, 0.15) is 19.3 Å². The molecule has 4 nitrogen and oxygen atoms in total. The summed E-state index contributed by atoms with van der Waals surface area (Å²) in [4.78, 5) is 7.87. The lowest BCUT2D eigenvalue weighted by molar-refractivity contribution is 0.642. The molecule has 1 aromatic heterocycles. The molecule has 1 unspecified atom stereocenters. The third-order valence-corrected chi connectivity index (χ3v) is 2.58. The van der Waals surface area contributed by atoms with Crippen LogP contribution in [0.15, 0.2) is 18.3 Å². The first-order valence-electron chi connectivity index (χ1n) is 4.95. The zero-order chi connectivity index (χ0) is 10.7. The highest BCUT2D eigenvalue weighted by molar-refractivity contribution is 6.28. The summed E-state index contributed by atoms with van der Waals surface area (Å²) in [5, 5.41) is 3.50. The van der Waals surface area contributed by atoms with Crippen molar-refractivity contribution in [3.63, 3.8) is 0 Å². The Hall–Kier alpha value is -1.29. The number of allylic oxidation sites excluding steroid dienone is 1. The van der Waals surface area contributed by atoms with E-state index in [0.717, 1.165) is 19.3 Å². The fourth-order valence-corrected chi connectivity index (χ4v) is 1.74. The van der Waals surface area contributed by atoms with Gasteiger partial charge < -0.3 is 11.1 Å². The zero-order valence-corrected chi connectivity index (χ0v) is 9.04. The van der Waals surface area contributed by atoms with Gasteiger partial charge in [0, 0.05) is 6.04 Å². The molecule has 15 heavy (non-hydrogen) atoms. The molecule has 0 saturated heterocycles. The van der Waals surface area contributed by atoms with E-state index in [-0.39, 0.29) is 5.28 Å². The van der Waals surface area contributed by atoms with Gasteiger partial charge in [0.2, 0.25) is 5.28 Å². The first-order chi connectivity index (χ1) is 7.25. The van der Waals surface area contributed by atoms with Crippen molar-refractivity contribution in [3.8, 4) is 0 Å². The van der Waals surface area contributed by atoms with Crippen LogP contribution in [-0.2, 0) is 0 Å². The Morgan fingerprint density at radius 2 is 2.33 bits per heavy atom. The standard InChI is InChI=1S/C10H13ClN4/c11-10-13-6-8(12)9(15-10)14-7-4-2-1-3-5-7/h1-2,6-7H,3-5,12H2,(H,13,14,15). The van der Waals surface area contributed by atoms with E-state index in [1.807, 2.05) is 0 Å². The van der Waals surface area contributed by atoms with Crippen molar-refractivity contribution in [2.24, 2.45) is 0 Å². The average Bonchev–Trinajstić information content (AvgIpc) is 2.25. The van der Waals surface area contributed by atoms with Crippen molar-refractivity contribution in [2.75, 3.05) is 11.1 Å². The third-order valence-electron chi connectivity index (χ3n) is 2.40. The SMILES string of the molecule is Nc1cnc(Cl)nc1NC1CC=CCC1. The van der Waals surface area contributed by atoms with Crippen LogP contribution >= 0.6 is 11.6 Å². The number of nitrogens with one attached hydrogen (secondary N) is 1. The highest BCUT2D eigenvalue weighted by Crippen LogP contribution is 2.21. The Morgan fingerprint density at radius 1 is 1.47 bits per heavy atom. The van der Waals surface area contributed by atoms with E-state index in [4.69, 9.17) is 17.3 Å². The van der Waals surface area contributed by atoms with Gasteiger partial charge in [-0.2, -0.15) is 4.98 Å². The molecule has 3 N–H and O–H groups in total. The molecule has 1 aliphatic rings. The molecule has 1 aromatic rings. The average molecular weight is 225 g/mol. The van der Waals surface area contributed by atoms with Crippen molar-refractivity contribution >= 4 is 23.1 Å².